The number of nitro benzene ring substituents is 1. The van der Waals surface area contributed by atoms with Gasteiger partial charge in [0, 0.05) is 24.8 Å². The largest absolute Gasteiger partial charge is 0.497 e. The van der Waals surface area contributed by atoms with Crippen LogP contribution in [-0.2, 0) is 16.6 Å². The zero-order valence-electron chi connectivity index (χ0n) is 18.7. The van der Waals surface area contributed by atoms with Crippen LogP contribution in [0.25, 0.3) is 0 Å². The predicted octanol–water partition coefficient (Wildman–Crippen LogP) is 3.92. The van der Waals surface area contributed by atoms with Crippen LogP contribution in [0.4, 0.5) is 17.1 Å². The first-order valence-electron chi connectivity index (χ1n) is 10.1. The molecule has 0 aliphatic rings. The van der Waals surface area contributed by atoms with Crippen LogP contribution in [0.1, 0.15) is 25.0 Å². The monoisotopic (exact) mass is 471 g/mol. The topological polar surface area (TPSA) is 128 Å². The minimum Gasteiger partial charge on any atom is -0.497 e. The van der Waals surface area contributed by atoms with Crippen molar-refractivity contribution in [2.45, 2.75) is 38.3 Å². The van der Waals surface area contributed by atoms with Gasteiger partial charge < -0.3 is 10.1 Å². The molecule has 0 atom stereocenters. The first-order valence-corrected chi connectivity index (χ1v) is 11.6. The Labute approximate surface area is 192 Å². The predicted molar refractivity (Wildman–Crippen MR) is 125 cm³/mol. The standard InChI is InChI=1S/C22H25N5O5S/c1-15(2)26(21-8-5-18(32-4)11-16(21)3)33(30,31)19-6-7-20(22(12-19)27(28)29)23-13-17-9-10-24-25-14-17/h5-12,14-15,23H,13H2,1-4H3. The highest BCUT2D eigenvalue weighted by Gasteiger charge is 2.31. The Morgan fingerprint density at radius 1 is 1.15 bits per heavy atom. The highest BCUT2D eigenvalue weighted by molar-refractivity contribution is 7.92. The molecule has 3 aromatic rings. The minimum atomic E-state index is -4.09. The van der Waals surface area contributed by atoms with E-state index >= 15 is 0 Å². The number of nitrogens with one attached hydrogen (secondary N) is 1. The van der Waals surface area contributed by atoms with Crippen molar-refractivity contribution in [2.75, 3.05) is 16.7 Å². The lowest BCUT2D eigenvalue weighted by Gasteiger charge is -2.29. The first-order chi connectivity index (χ1) is 15.6. The van der Waals surface area contributed by atoms with Crippen LogP contribution < -0.4 is 14.4 Å². The quantitative estimate of drug-likeness (QED) is 0.367. The average molecular weight is 472 g/mol. The summed E-state index contributed by atoms with van der Waals surface area (Å²) < 4.78 is 33.6. The number of nitro groups is 1. The molecule has 0 aliphatic carbocycles. The van der Waals surface area contributed by atoms with Gasteiger partial charge in [-0.05, 0) is 68.3 Å². The van der Waals surface area contributed by atoms with Crippen molar-refractivity contribution in [1.82, 2.24) is 10.2 Å². The number of nitrogens with zero attached hydrogens (tertiary/aromatic N) is 4. The number of benzene rings is 2. The Balaban J connectivity index is 2.00. The van der Waals surface area contributed by atoms with Crippen LogP contribution in [0.5, 0.6) is 5.75 Å². The Morgan fingerprint density at radius 3 is 2.48 bits per heavy atom. The number of aryl methyl sites for hydroxylation is 1. The fourth-order valence-corrected chi connectivity index (χ4v) is 5.14. The van der Waals surface area contributed by atoms with E-state index in [4.69, 9.17) is 4.74 Å². The Morgan fingerprint density at radius 2 is 1.91 bits per heavy atom. The third kappa shape index (κ3) is 5.20. The van der Waals surface area contributed by atoms with Crippen molar-refractivity contribution < 1.29 is 18.1 Å². The lowest BCUT2D eigenvalue weighted by Crippen LogP contribution is -2.37. The maximum Gasteiger partial charge on any atom is 0.293 e. The number of ether oxygens (including phenoxy) is 1. The molecule has 0 amide bonds. The summed E-state index contributed by atoms with van der Waals surface area (Å²) in [4.78, 5) is 11.0. The van der Waals surface area contributed by atoms with E-state index < -0.39 is 21.0 Å². The number of methoxy groups -OCH3 is 1. The van der Waals surface area contributed by atoms with Gasteiger partial charge in [0.1, 0.15) is 11.4 Å². The van der Waals surface area contributed by atoms with Crippen LogP contribution in [0.3, 0.4) is 0 Å². The van der Waals surface area contributed by atoms with Gasteiger partial charge in [-0.15, -0.1) is 0 Å². The minimum absolute atomic E-state index is 0.172. The van der Waals surface area contributed by atoms with Gasteiger partial charge in [0.05, 0.1) is 28.8 Å². The zero-order chi connectivity index (χ0) is 24.2. The molecule has 1 N–H and O–H groups in total. The summed E-state index contributed by atoms with van der Waals surface area (Å²) in [6.07, 6.45) is 3.05. The van der Waals surface area contributed by atoms with E-state index in [1.165, 1.54) is 35.9 Å². The Kier molecular flexibility index (Phi) is 7.12. The van der Waals surface area contributed by atoms with Crippen molar-refractivity contribution in [1.29, 1.82) is 0 Å². The van der Waals surface area contributed by atoms with Gasteiger partial charge in [0.25, 0.3) is 15.7 Å². The third-order valence-corrected chi connectivity index (χ3v) is 6.95. The highest BCUT2D eigenvalue weighted by Crippen LogP contribution is 2.34. The number of rotatable bonds is 9. The summed E-state index contributed by atoms with van der Waals surface area (Å²) in [5.74, 6) is 0.604. The van der Waals surface area contributed by atoms with Gasteiger partial charge in [0.15, 0.2) is 0 Å². The van der Waals surface area contributed by atoms with E-state index in [1.54, 1.807) is 45.0 Å². The van der Waals surface area contributed by atoms with E-state index in [-0.39, 0.29) is 22.8 Å². The van der Waals surface area contributed by atoms with Gasteiger partial charge in [0.2, 0.25) is 0 Å². The summed E-state index contributed by atoms with van der Waals surface area (Å²) >= 11 is 0. The number of anilines is 2. The molecule has 1 aromatic heterocycles. The normalized spacial score (nSPS) is 11.3. The fraction of sp³-hybridized carbons (Fsp3) is 0.273. The van der Waals surface area contributed by atoms with Crippen molar-refractivity contribution in [3.8, 4) is 5.75 Å². The number of hydrogen-bond donors (Lipinski definition) is 1. The van der Waals surface area contributed by atoms with Crippen molar-refractivity contribution in [3.63, 3.8) is 0 Å². The van der Waals surface area contributed by atoms with Gasteiger partial charge >= 0.3 is 0 Å². The molecule has 2 aromatic carbocycles. The molecule has 0 radical (unpaired) electrons. The molecule has 33 heavy (non-hydrogen) atoms. The zero-order valence-corrected chi connectivity index (χ0v) is 19.5. The van der Waals surface area contributed by atoms with E-state index in [1.807, 2.05) is 0 Å². The lowest BCUT2D eigenvalue weighted by atomic mass is 10.2. The SMILES string of the molecule is COc1ccc(N(C(C)C)S(=O)(=O)c2ccc(NCc3ccnnc3)c([N+](=O)[O-])c2)c(C)c1. The number of aromatic nitrogens is 2. The van der Waals surface area contributed by atoms with Crippen LogP contribution >= 0.6 is 0 Å². The molecule has 1 heterocycles. The van der Waals surface area contributed by atoms with Crippen LogP contribution in [0.2, 0.25) is 0 Å². The summed E-state index contributed by atoms with van der Waals surface area (Å²) in [5.41, 5.74) is 1.81. The molecule has 0 saturated heterocycles. The molecule has 0 aliphatic heterocycles. The van der Waals surface area contributed by atoms with E-state index in [2.05, 4.69) is 15.5 Å². The molecular weight excluding hydrogens is 446 g/mol. The van der Waals surface area contributed by atoms with Gasteiger partial charge in [-0.25, -0.2) is 8.42 Å². The second kappa shape index (κ2) is 9.82. The van der Waals surface area contributed by atoms with E-state index in [0.717, 1.165) is 11.6 Å². The van der Waals surface area contributed by atoms with Gasteiger partial charge in [-0.1, -0.05) is 0 Å². The van der Waals surface area contributed by atoms with E-state index in [9.17, 15) is 18.5 Å². The molecule has 174 valence electrons. The van der Waals surface area contributed by atoms with Gasteiger partial charge in [-0.2, -0.15) is 10.2 Å². The maximum atomic E-state index is 13.6. The molecule has 0 unspecified atom stereocenters. The smallest absolute Gasteiger partial charge is 0.293 e. The average Bonchev–Trinajstić information content (AvgIpc) is 2.79. The molecular formula is C22H25N5O5S. The summed E-state index contributed by atoms with van der Waals surface area (Å²) in [6.45, 7) is 5.54. The van der Waals surface area contributed by atoms with Gasteiger partial charge in [-0.3, -0.25) is 14.4 Å². The molecule has 3 rings (SSSR count). The maximum absolute atomic E-state index is 13.6. The summed E-state index contributed by atoms with van der Waals surface area (Å²) in [7, 11) is -2.56. The third-order valence-electron chi connectivity index (χ3n) is 4.96. The first kappa shape index (κ1) is 23.9. The van der Waals surface area contributed by atoms with E-state index in [0.29, 0.717) is 17.0 Å². The number of hydrogen-bond acceptors (Lipinski definition) is 8. The summed E-state index contributed by atoms with van der Waals surface area (Å²) in [5, 5.41) is 22.2. The summed E-state index contributed by atoms with van der Waals surface area (Å²) in [6, 6.07) is 10.2. The van der Waals surface area contributed by atoms with Crippen LogP contribution in [0, 0.1) is 17.0 Å². The molecule has 0 spiro atoms. The Hall–Kier alpha value is -3.73. The second-order valence-corrected chi connectivity index (χ2v) is 9.40. The van der Waals surface area contributed by atoms with Crippen molar-refractivity contribution in [3.05, 3.63) is 76.1 Å². The molecule has 0 bridgehead atoms. The van der Waals surface area contributed by atoms with Crippen molar-refractivity contribution in [2.24, 2.45) is 0 Å². The molecule has 10 nitrogen and oxygen atoms in total. The highest BCUT2D eigenvalue weighted by atomic mass is 32.2. The van der Waals surface area contributed by atoms with Crippen LogP contribution in [0.15, 0.2) is 59.8 Å². The lowest BCUT2D eigenvalue weighted by molar-refractivity contribution is -0.384. The molecule has 11 heteroatoms. The fourth-order valence-electron chi connectivity index (χ4n) is 3.39. The second-order valence-electron chi connectivity index (χ2n) is 7.59. The Bertz CT molecular complexity index is 1250. The van der Waals surface area contributed by atoms with Crippen LogP contribution in [-0.4, -0.2) is 36.7 Å². The number of sulfonamides is 1. The molecule has 0 fully saturated rings. The molecule has 0 saturated carbocycles. The van der Waals surface area contributed by atoms with Crippen molar-refractivity contribution >= 4 is 27.1 Å².